The second kappa shape index (κ2) is 12.2. The predicted molar refractivity (Wildman–Crippen MR) is 136 cm³/mol. The van der Waals surface area contributed by atoms with E-state index < -0.39 is 0 Å². The molecule has 2 aromatic carbocycles. The number of guanidine groups is 1. The third kappa shape index (κ3) is 6.88. The van der Waals surface area contributed by atoms with E-state index in [1.165, 1.54) is 5.56 Å². The molecule has 8 heteroatoms. The van der Waals surface area contributed by atoms with Crippen molar-refractivity contribution in [2.75, 3.05) is 34.3 Å². The van der Waals surface area contributed by atoms with Crippen molar-refractivity contribution in [2.45, 2.75) is 13.0 Å². The van der Waals surface area contributed by atoms with E-state index in [0.29, 0.717) is 19.0 Å². The molecule has 1 heterocycles. The molecule has 3 rings (SSSR count). The summed E-state index contributed by atoms with van der Waals surface area (Å²) in [6, 6.07) is 16.0. The lowest BCUT2D eigenvalue weighted by Gasteiger charge is -2.15. The fraction of sp³-hybridized carbons (Fsp3) is 0.304. The molecule has 1 aromatic heterocycles. The number of hydrogen-bond donors (Lipinski definition) is 3. The second-order valence-corrected chi connectivity index (χ2v) is 7.17. The zero-order valence-corrected chi connectivity index (χ0v) is 20.5. The number of carbonyl (C=O) groups excluding carboxylic acids is 1. The summed E-state index contributed by atoms with van der Waals surface area (Å²) >= 11 is 0. The van der Waals surface area contributed by atoms with Gasteiger partial charge in [0.1, 0.15) is 5.75 Å². The molecule has 0 fully saturated rings. The molecular formula is C23H30IN5O2. The lowest BCUT2D eigenvalue weighted by molar-refractivity contribution is -0.127. The number of hydrogen-bond acceptors (Lipinski definition) is 3. The van der Waals surface area contributed by atoms with Crippen molar-refractivity contribution in [3.05, 3.63) is 65.9 Å². The van der Waals surface area contributed by atoms with Crippen LogP contribution in [0.25, 0.3) is 10.9 Å². The molecule has 0 atom stereocenters. The standard InChI is InChI=1S/C23H29N5O2.HI/c1-28(2)21(29)16-27-23(26-14-17-8-5-4-6-9-17)24-13-12-18-15-25-19-10-7-11-20(30-3)22(18)19;/h4-11,15,25H,12-14,16H2,1-3H3,(H2,24,26,27);1H. The molecule has 0 aliphatic heterocycles. The van der Waals surface area contributed by atoms with Gasteiger partial charge in [0.2, 0.25) is 5.91 Å². The van der Waals surface area contributed by atoms with Crippen LogP contribution in [0.3, 0.4) is 0 Å². The van der Waals surface area contributed by atoms with Gasteiger partial charge in [-0.3, -0.25) is 4.79 Å². The van der Waals surface area contributed by atoms with Gasteiger partial charge in [0, 0.05) is 37.7 Å². The fourth-order valence-electron chi connectivity index (χ4n) is 3.15. The van der Waals surface area contributed by atoms with Gasteiger partial charge in [-0.05, 0) is 29.7 Å². The maximum Gasteiger partial charge on any atom is 0.241 e. The molecule has 0 spiro atoms. The second-order valence-electron chi connectivity index (χ2n) is 7.17. The number of fused-ring (bicyclic) bond motifs is 1. The van der Waals surface area contributed by atoms with Crippen LogP contribution in [0.15, 0.2) is 59.7 Å². The number of nitrogens with one attached hydrogen (secondary N) is 3. The molecule has 1 amide bonds. The van der Waals surface area contributed by atoms with E-state index >= 15 is 0 Å². The molecule has 0 aliphatic rings. The monoisotopic (exact) mass is 535 g/mol. The Bertz CT molecular complexity index is 1000. The summed E-state index contributed by atoms with van der Waals surface area (Å²) in [7, 11) is 5.16. The molecule has 0 bridgehead atoms. The first-order chi connectivity index (χ1) is 14.6. The average molecular weight is 535 g/mol. The van der Waals surface area contributed by atoms with Crippen LogP contribution in [0, 0.1) is 0 Å². The van der Waals surface area contributed by atoms with Gasteiger partial charge in [-0.15, -0.1) is 24.0 Å². The third-order valence-corrected chi connectivity index (χ3v) is 4.82. The number of benzene rings is 2. The maximum absolute atomic E-state index is 12.0. The summed E-state index contributed by atoms with van der Waals surface area (Å²) in [6.45, 7) is 1.39. The SMILES string of the molecule is COc1cccc2[nH]cc(CCNC(=NCc3ccccc3)NCC(=O)N(C)C)c12.I. The lowest BCUT2D eigenvalue weighted by atomic mass is 10.1. The first-order valence-electron chi connectivity index (χ1n) is 9.97. The van der Waals surface area contributed by atoms with Gasteiger partial charge < -0.3 is 25.3 Å². The molecular weight excluding hydrogens is 505 g/mol. The summed E-state index contributed by atoms with van der Waals surface area (Å²) in [5.41, 5.74) is 3.33. The highest BCUT2D eigenvalue weighted by atomic mass is 127. The van der Waals surface area contributed by atoms with Crippen molar-refractivity contribution >= 4 is 46.7 Å². The fourth-order valence-corrected chi connectivity index (χ4v) is 3.15. The van der Waals surface area contributed by atoms with Crippen molar-refractivity contribution in [3.8, 4) is 5.75 Å². The molecule has 166 valence electrons. The topological polar surface area (TPSA) is 81.7 Å². The first kappa shape index (κ1) is 24.5. The number of carbonyl (C=O) groups is 1. The number of ether oxygens (including phenoxy) is 1. The number of aliphatic imine (C=N–C) groups is 1. The predicted octanol–water partition coefficient (Wildman–Crippen LogP) is 3.16. The van der Waals surface area contributed by atoms with Gasteiger partial charge in [-0.1, -0.05) is 36.4 Å². The van der Waals surface area contributed by atoms with E-state index in [1.54, 1.807) is 26.1 Å². The van der Waals surface area contributed by atoms with E-state index in [9.17, 15) is 4.79 Å². The van der Waals surface area contributed by atoms with Crippen LogP contribution in [0.5, 0.6) is 5.75 Å². The quantitative estimate of drug-likeness (QED) is 0.235. The van der Waals surface area contributed by atoms with Gasteiger partial charge in [-0.25, -0.2) is 4.99 Å². The Balaban J connectivity index is 0.00000341. The van der Waals surface area contributed by atoms with Gasteiger partial charge in [0.25, 0.3) is 0 Å². The van der Waals surface area contributed by atoms with Crippen molar-refractivity contribution in [2.24, 2.45) is 4.99 Å². The zero-order chi connectivity index (χ0) is 21.3. The number of methoxy groups -OCH3 is 1. The normalized spacial score (nSPS) is 11.0. The molecule has 0 saturated carbocycles. The van der Waals surface area contributed by atoms with E-state index in [-0.39, 0.29) is 36.4 Å². The van der Waals surface area contributed by atoms with Crippen molar-refractivity contribution in [1.82, 2.24) is 20.5 Å². The molecule has 0 saturated heterocycles. The van der Waals surface area contributed by atoms with Gasteiger partial charge in [0.05, 0.1) is 20.2 Å². The number of likely N-dealkylation sites (N-methyl/N-ethyl adjacent to an activating group) is 1. The number of H-pyrrole nitrogens is 1. The van der Waals surface area contributed by atoms with Crippen molar-refractivity contribution in [3.63, 3.8) is 0 Å². The molecule has 31 heavy (non-hydrogen) atoms. The Morgan fingerprint density at radius 3 is 2.58 bits per heavy atom. The van der Waals surface area contributed by atoms with Crippen molar-refractivity contribution < 1.29 is 9.53 Å². The summed E-state index contributed by atoms with van der Waals surface area (Å²) in [5.74, 6) is 1.46. The number of amides is 1. The van der Waals surface area contributed by atoms with E-state index in [2.05, 4.69) is 20.6 Å². The minimum absolute atomic E-state index is 0. The highest BCUT2D eigenvalue weighted by Crippen LogP contribution is 2.28. The Kier molecular flexibility index (Phi) is 9.64. The number of halogens is 1. The lowest BCUT2D eigenvalue weighted by Crippen LogP contribution is -2.43. The van der Waals surface area contributed by atoms with Gasteiger partial charge in [-0.2, -0.15) is 0 Å². The maximum atomic E-state index is 12.0. The molecule has 0 aliphatic carbocycles. The number of aromatic amines is 1. The Labute approximate surface area is 200 Å². The summed E-state index contributed by atoms with van der Waals surface area (Å²) in [4.78, 5) is 21.4. The first-order valence-corrected chi connectivity index (χ1v) is 9.97. The van der Waals surface area contributed by atoms with Crippen LogP contribution in [0.1, 0.15) is 11.1 Å². The molecule has 0 radical (unpaired) electrons. The van der Waals surface area contributed by atoms with Crippen LogP contribution in [-0.4, -0.2) is 56.0 Å². The number of nitrogens with zero attached hydrogens (tertiary/aromatic N) is 2. The van der Waals surface area contributed by atoms with E-state index in [4.69, 9.17) is 4.74 Å². The zero-order valence-electron chi connectivity index (χ0n) is 18.1. The number of rotatable bonds is 8. The Morgan fingerprint density at radius 1 is 1.10 bits per heavy atom. The molecule has 0 unspecified atom stereocenters. The third-order valence-electron chi connectivity index (χ3n) is 4.82. The highest BCUT2D eigenvalue weighted by Gasteiger charge is 2.10. The largest absolute Gasteiger partial charge is 0.496 e. The van der Waals surface area contributed by atoms with Gasteiger partial charge >= 0.3 is 0 Å². The summed E-state index contributed by atoms with van der Waals surface area (Å²) < 4.78 is 5.51. The smallest absolute Gasteiger partial charge is 0.241 e. The van der Waals surface area contributed by atoms with Gasteiger partial charge in [0.15, 0.2) is 5.96 Å². The summed E-state index contributed by atoms with van der Waals surface area (Å²) in [6.07, 6.45) is 2.80. The van der Waals surface area contributed by atoms with Crippen LogP contribution in [-0.2, 0) is 17.8 Å². The average Bonchev–Trinajstić information content (AvgIpc) is 3.18. The van der Waals surface area contributed by atoms with Crippen LogP contribution in [0.4, 0.5) is 0 Å². The minimum atomic E-state index is -0.00873. The summed E-state index contributed by atoms with van der Waals surface area (Å²) in [5, 5.41) is 7.56. The van der Waals surface area contributed by atoms with E-state index in [0.717, 1.165) is 28.6 Å². The van der Waals surface area contributed by atoms with Crippen LogP contribution < -0.4 is 15.4 Å². The molecule has 7 nitrogen and oxygen atoms in total. The van der Waals surface area contributed by atoms with Crippen LogP contribution in [0.2, 0.25) is 0 Å². The minimum Gasteiger partial charge on any atom is -0.496 e. The van der Waals surface area contributed by atoms with Crippen LogP contribution >= 0.6 is 24.0 Å². The Morgan fingerprint density at radius 2 is 1.87 bits per heavy atom. The Hall–Kier alpha value is -2.75. The molecule has 3 aromatic rings. The number of aromatic nitrogens is 1. The highest BCUT2D eigenvalue weighted by molar-refractivity contribution is 14.0. The molecule has 3 N–H and O–H groups in total. The van der Waals surface area contributed by atoms with Crippen molar-refractivity contribution in [1.29, 1.82) is 0 Å². The van der Waals surface area contributed by atoms with E-state index in [1.807, 2.05) is 54.7 Å².